The molecule has 2 unspecified atom stereocenters. The van der Waals surface area contributed by atoms with Gasteiger partial charge in [0.25, 0.3) is 0 Å². The quantitative estimate of drug-likeness (QED) is 0.742. The van der Waals surface area contributed by atoms with E-state index in [1.807, 2.05) is 6.92 Å². The first-order valence-electron chi connectivity index (χ1n) is 5.97. The summed E-state index contributed by atoms with van der Waals surface area (Å²) in [6.07, 6.45) is 1.88. The number of carbonyl (C=O) groups excluding carboxylic acids is 1. The van der Waals surface area contributed by atoms with E-state index in [1.165, 1.54) is 13.3 Å². The second-order valence-electron chi connectivity index (χ2n) is 4.40. The predicted molar refractivity (Wildman–Crippen MR) is 68.2 cm³/mol. The van der Waals surface area contributed by atoms with Crippen LogP contribution < -0.4 is 5.32 Å². The maximum absolute atomic E-state index is 11.2. The zero-order chi connectivity index (χ0) is 13.5. The lowest BCUT2D eigenvalue weighted by Gasteiger charge is -2.14. The van der Waals surface area contributed by atoms with E-state index in [1.54, 1.807) is 19.1 Å². The van der Waals surface area contributed by atoms with Crippen molar-refractivity contribution in [2.75, 3.05) is 7.11 Å². The van der Waals surface area contributed by atoms with Gasteiger partial charge in [-0.05, 0) is 32.4 Å². The Kier molecular flexibility index (Phi) is 5.74. The number of esters is 1. The molecular weight excluding hydrogens is 232 g/mol. The van der Waals surface area contributed by atoms with Crippen LogP contribution in [0, 0.1) is 0 Å². The highest BCUT2D eigenvalue weighted by atomic mass is 16.5. The molecule has 100 valence electrons. The molecular formula is C13H20N2O3. The summed E-state index contributed by atoms with van der Waals surface area (Å²) in [4.78, 5) is 15.4. The Balaban J connectivity index is 2.46. The highest BCUT2D eigenvalue weighted by Crippen LogP contribution is 2.03. The van der Waals surface area contributed by atoms with E-state index < -0.39 is 0 Å². The number of aliphatic hydroxyl groups is 1. The third-order valence-corrected chi connectivity index (χ3v) is 2.57. The van der Waals surface area contributed by atoms with Crippen molar-refractivity contribution in [3.05, 3.63) is 29.6 Å². The molecule has 0 saturated carbocycles. The summed E-state index contributed by atoms with van der Waals surface area (Å²) in [6.45, 7) is 4.38. The summed E-state index contributed by atoms with van der Waals surface area (Å²) in [6, 6.07) is 3.69. The number of carbonyl (C=O) groups is 1. The fourth-order valence-corrected chi connectivity index (χ4v) is 1.64. The van der Waals surface area contributed by atoms with Gasteiger partial charge in [-0.1, -0.05) is 0 Å². The van der Waals surface area contributed by atoms with Gasteiger partial charge in [0.05, 0.1) is 24.5 Å². The van der Waals surface area contributed by atoms with E-state index in [0.29, 0.717) is 18.5 Å². The molecule has 1 heterocycles. The molecule has 0 aromatic carbocycles. The summed E-state index contributed by atoms with van der Waals surface area (Å²) < 4.78 is 4.60. The normalized spacial score (nSPS) is 14.0. The monoisotopic (exact) mass is 252 g/mol. The molecule has 0 aliphatic heterocycles. The smallest absolute Gasteiger partial charge is 0.339 e. The van der Waals surface area contributed by atoms with Gasteiger partial charge in [-0.25, -0.2) is 4.79 Å². The topological polar surface area (TPSA) is 71.5 Å². The zero-order valence-electron chi connectivity index (χ0n) is 11.0. The number of hydrogen-bond acceptors (Lipinski definition) is 5. The van der Waals surface area contributed by atoms with Crippen molar-refractivity contribution in [2.24, 2.45) is 0 Å². The predicted octanol–water partition coefficient (Wildman–Crippen LogP) is 1.12. The molecule has 0 fully saturated rings. The molecule has 0 saturated heterocycles. The van der Waals surface area contributed by atoms with E-state index in [0.717, 1.165) is 5.69 Å². The van der Waals surface area contributed by atoms with Crippen LogP contribution >= 0.6 is 0 Å². The van der Waals surface area contributed by atoms with Crippen LogP contribution in [-0.2, 0) is 11.3 Å². The Hall–Kier alpha value is -1.46. The van der Waals surface area contributed by atoms with E-state index in [9.17, 15) is 9.90 Å². The van der Waals surface area contributed by atoms with Crippen LogP contribution in [0.15, 0.2) is 18.3 Å². The Morgan fingerprint density at radius 2 is 2.22 bits per heavy atom. The Morgan fingerprint density at radius 3 is 2.72 bits per heavy atom. The highest BCUT2D eigenvalue weighted by Gasteiger charge is 2.07. The number of hydrogen-bond donors (Lipinski definition) is 2. The number of methoxy groups -OCH3 is 1. The Morgan fingerprint density at radius 1 is 1.50 bits per heavy atom. The van der Waals surface area contributed by atoms with Crippen molar-refractivity contribution in [3.63, 3.8) is 0 Å². The highest BCUT2D eigenvalue weighted by molar-refractivity contribution is 5.88. The fraction of sp³-hybridized carbons (Fsp3) is 0.538. The average molecular weight is 252 g/mol. The SMILES string of the molecule is COC(=O)c1ccc(CNC(C)CC(C)O)nc1. The van der Waals surface area contributed by atoms with Crippen LogP contribution in [0.25, 0.3) is 0 Å². The lowest BCUT2D eigenvalue weighted by atomic mass is 10.1. The molecule has 5 nitrogen and oxygen atoms in total. The number of nitrogens with one attached hydrogen (secondary N) is 1. The van der Waals surface area contributed by atoms with Crippen LogP contribution in [0.4, 0.5) is 0 Å². The minimum atomic E-state index is -0.385. The molecule has 0 radical (unpaired) electrons. The first-order valence-corrected chi connectivity index (χ1v) is 5.97. The minimum absolute atomic E-state index is 0.215. The van der Waals surface area contributed by atoms with Crippen molar-refractivity contribution >= 4 is 5.97 Å². The van der Waals surface area contributed by atoms with E-state index in [4.69, 9.17) is 0 Å². The van der Waals surface area contributed by atoms with Crippen molar-refractivity contribution in [1.82, 2.24) is 10.3 Å². The fourth-order valence-electron chi connectivity index (χ4n) is 1.64. The minimum Gasteiger partial charge on any atom is -0.465 e. The summed E-state index contributed by atoms with van der Waals surface area (Å²) in [7, 11) is 1.34. The molecule has 0 aliphatic rings. The van der Waals surface area contributed by atoms with Gasteiger partial charge in [0, 0.05) is 18.8 Å². The van der Waals surface area contributed by atoms with E-state index in [2.05, 4.69) is 15.0 Å². The van der Waals surface area contributed by atoms with Crippen molar-refractivity contribution in [3.8, 4) is 0 Å². The first-order chi connectivity index (χ1) is 8.52. The Bertz CT molecular complexity index is 376. The lowest BCUT2D eigenvalue weighted by Crippen LogP contribution is -2.29. The molecule has 2 atom stereocenters. The molecule has 2 N–H and O–H groups in total. The summed E-state index contributed by atoms with van der Waals surface area (Å²) in [5.74, 6) is -0.385. The number of rotatable bonds is 6. The molecule has 0 bridgehead atoms. The number of aliphatic hydroxyl groups excluding tert-OH is 1. The van der Waals surface area contributed by atoms with Gasteiger partial charge < -0.3 is 15.2 Å². The largest absolute Gasteiger partial charge is 0.465 e. The van der Waals surface area contributed by atoms with Crippen molar-refractivity contribution in [2.45, 2.75) is 39.0 Å². The maximum atomic E-state index is 11.2. The second-order valence-corrected chi connectivity index (χ2v) is 4.40. The summed E-state index contributed by atoms with van der Waals surface area (Å²) in [5, 5.41) is 12.5. The number of pyridine rings is 1. The van der Waals surface area contributed by atoms with Crippen LogP contribution in [-0.4, -0.2) is 35.3 Å². The van der Waals surface area contributed by atoms with Crippen LogP contribution in [0.5, 0.6) is 0 Å². The van der Waals surface area contributed by atoms with Gasteiger partial charge in [0.15, 0.2) is 0 Å². The number of nitrogens with zero attached hydrogens (tertiary/aromatic N) is 1. The second kappa shape index (κ2) is 7.08. The molecule has 18 heavy (non-hydrogen) atoms. The Labute approximate surface area is 107 Å². The standard InChI is InChI=1S/C13H20N2O3/c1-9(6-10(2)16)14-8-12-5-4-11(7-15-12)13(17)18-3/h4-5,7,9-10,14,16H,6,8H2,1-3H3. The first kappa shape index (κ1) is 14.6. The van der Waals surface area contributed by atoms with E-state index >= 15 is 0 Å². The number of aromatic nitrogens is 1. The van der Waals surface area contributed by atoms with Crippen LogP contribution in [0.1, 0.15) is 36.3 Å². The average Bonchev–Trinajstić information content (AvgIpc) is 2.35. The van der Waals surface area contributed by atoms with Crippen molar-refractivity contribution < 1.29 is 14.6 Å². The number of ether oxygens (including phenoxy) is 1. The third-order valence-electron chi connectivity index (χ3n) is 2.57. The van der Waals surface area contributed by atoms with Crippen molar-refractivity contribution in [1.29, 1.82) is 0 Å². The summed E-state index contributed by atoms with van der Waals surface area (Å²) >= 11 is 0. The molecule has 1 aromatic heterocycles. The molecule has 0 aliphatic carbocycles. The lowest BCUT2D eigenvalue weighted by molar-refractivity contribution is 0.0600. The zero-order valence-corrected chi connectivity index (χ0v) is 11.0. The maximum Gasteiger partial charge on any atom is 0.339 e. The van der Waals surface area contributed by atoms with Gasteiger partial charge in [0.1, 0.15) is 0 Å². The van der Waals surface area contributed by atoms with Gasteiger partial charge in [-0.3, -0.25) is 4.98 Å². The van der Waals surface area contributed by atoms with Gasteiger partial charge in [0.2, 0.25) is 0 Å². The molecule has 5 heteroatoms. The molecule has 1 rings (SSSR count). The summed E-state index contributed by atoms with van der Waals surface area (Å²) in [5.41, 5.74) is 1.29. The van der Waals surface area contributed by atoms with Crippen LogP contribution in [0.2, 0.25) is 0 Å². The van der Waals surface area contributed by atoms with Gasteiger partial charge >= 0.3 is 5.97 Å². The molecule has 0 amide bonds. The van der Waals surface area contributed by atoms with Crippen LogP contribution in [0.3, 0.4) is 0 Å². The third kappa shape index (κ3) is 4.81. The molecule has 1 aromatic rings. The molecule has 0 spiro atoms. The van der Waals surface area contributed by atoms with E-state index in [-0.39, 0.29) is 18.1 Å². The van der Waals surface area contributed by atoms with Gasteiger partial charge in [-0.2, -0.15) is 0 Å². The van der Waals surface area contributed by atoms with Gasteiger partial charge in [-0.15, -0.1) is 0 Å².